The summed E-state index contributed by atoms with van der Waals surface area (Å²) in [5, 5.41) is 5.64. The van der Waals surface area contributed by atoms with Gasteiger partial charge in [-0.3, -0.25) is 0 Å². The van der Waals surface area contributed by atoms with Crippen molar-refractivity contribution in [2.45, 2.75) is 19.4 Å². The Labute approximate surface area is 150 Å². The van der Waals surface area contributed by atoms with Crippen LogP contribution in [0.4, 0.5) is 0 Å². The van der Waals surface area contributed by atoms with Crippen LogP contribution in [0.1, 0.15) is 18.4 Å². The fraction of sp³-hybridized carbons (Fsp3) is 0.333. The van der Waals surface area contributed by atoms with Crippen LogP contribution in [0.15, 0.2) is 67.3 Å². The van der Waals surface area contributed by atoms with Crippen molar-refractivity contribution in [3.8, 4) is 0 Å². The summed E-state index contributed by atoms with van der Waals surface area (Å²) in [7, 11) is 0. The monoisotopic (exact) mass is 328 g/mol. The molecule has 3 saturated heterocycles. The van der Waals surface area contributed by atoms with E-state index in [1.54, 1.807) is 5.56 Å². The Balaban J connectivity index is 1.67. The van der Waals surface area contributed by atoms with Crippen LogP contribution in [-0.2, 0) is 6.54 Å². The summed E-state index contributed by atoms with van der Waals surface area (Å²) in [6.45, 7) is 9.26. The fourth-order valence-electron chi connectivity index (χ4n) is 5.45. The maximum absolute atomic E-state index is 4.13. The van der Waals surface area contributed by atoms with E-state index in [0.29, 0.717) is 5.92 Å². The van der Waals surface area contributed by atoms with E-state index >= 15 is 0 Å². The molecule has 25 heavy (non-hydrogen) atoms. The standard InChI is InChI=1S/C24H26N/c1-2-18-16-25(13-11-19(18)12-14-25)17-24-22-9-5-3-7-20(22)15-21-8-4-6-10-23(21)24/h2-10,15,18-19H,1,11-14,16-17H2/q+1. The Bertz CT molecular complexity index is 893. The molecule has 2 bridgehead atoms. The van der Waals surface area contributed by atoms with Gasteiger partial charge in [-0.2, -0.15) is 0 Å². The van der Waals surface area contributed by atoms with Crippen molar-refractivity contribution >= 4 is 21.5 Å². The highest BCUT2D eigenvalue weighted by Crippen LogP contribution is 2.41. The predicted molar refractivity (Wildman–Crippen MR) is 106 cm³/mol. The van der Waals surface area contributed by atoms with Gasteiger partial charge in [0.1, 0.15) is 6.54 Å². The van der Waals surface area contributed by atoms with Gasteiger partial charge in [-0.15, -0.1) is 6.58 Å². The first kappa shape index (κ1) is 15.2. The van der Waals surface area contributed by atoms with E-state index in [9.17, 15) is 0 Å². The minimum Gasteiger partial charge on any atom is -0.319 e. The number of quaternary nitrogens is 1. The third kappa shape index (κ3) is 2.41. The first-order chi connectivity index (χ1) is 12.3. The number of rotatable bonds is 3. The Kier molecular flexibility index (Phi) is 3.46. The van der Waals surface area contributed by atoms with Crippen LogP contribution >= 0.6 is 0 Å². The highest BCUT2D eigenvalue weighted by molar-refractivity contribution is 6.02. The van der Waals surface area contributed by atoms with E-state index in [2.05, 4.69) is 67.3 Å². The van der Waals surface area contributed by atoms with E-state index in [1.165, 1.54) is 65.0 Å². The molecule has 1 heteroatoms. The molecule has 3 aromatic carbocycles. The highest BCUT2D eigenvalue weighted by Gasteiger charge is 2.44. The molecule has 1 unspecified atom stereocenters. The van der Waals surface area contributed by atoms with Crippen molar-refractivity contribution in [1.82, 2.24) is 0 Å². The maximum Gasteiger partial charge on any atom is 0.106 e. The van der Waals surface area contributed by atoms with Crippen LogP contribution in [0.3, 0.4) is 0 Å². The highest BCUT2D eigenvalue weighted by atomic mass is 15.4. The van der Waals surface area contributed by atoms with E-state index < -0.39 is 0 Å². The van der Waals surface area contributed by atoms with E-state index in [0.717, 1.165) is 5.92 Å². The molecule has 6 rings (SSSR count). The zero-order chi connectivity index (χ0) is 16.9. The molecule has 3 aliphatic heterocycles. The topological polar surface area (TPSA) is 0 Å². The van der Waals surface area contributed by atoms with Crippen molar-refractivity contribution < 1.29 is 4.48 Å². The van der Waals surface area contributed by atoms with Gasteiger partial charge in [-0.25, -0.2) is 0 Å². The van der Waals surface area contributed by atoms with Crippen LogP contribution in [0.2, 0.25) is 0 Å². The zero-order valence-electron chi connectivity index (χ0n) is 14.8. The Morgan fingerprint density at radius 2 is 1.52 bits per heavy atom. The molecule has 3 aliphatic rings. The summed E-state index contributed by atoms with van der Waals surface area (Å²) < 4.78 is 1.26. The van der Waals surface area contributed by atoms with Gasteiger partial charge in [0.05, 0.1) is 19.6 Å². The quantitative estimate of drug-likeness (QED) is 0.337. The summed E-state index contributed by atoms with van der Waals surface area (Å²) in [4.78, 5) is 0. The molecule has 0 N–H and O–H groups in total. The van der Waals surface area contributed by atoms with Crippen molar-refractivity contribution in [3.05, 3.63) is 72.8 Å². The van der Waals surface area contributed by atoms with Gasteiger partial charge in [0, 0.05) is 24.3 Å². The lowest BCUT2D eigenvalue weighted by molar-refractivity contribution is -0.958. The van der Waals surface area contributed by atoms with Crippen molar-refractivity contribution in [2.75, 3.05) is 19.6 Å². The molecule has 0 amide bonds. The second-order valence-electron chi connectivity index (χ2n) is 8.16. The van der Waals surface area contributed by atoms with Crippen LogP contribution in [-0.4, -0.2) is 24.1 Å². The summed E-state index contributed by atoms with van der Waals surface area (Å²) in [6.07, 6.45) is 4.98. The number of nitrogens with zero attached hydrogens (tertiary/aromatic N) is 1. The lowest BCUT2D eigenvalue weighted by atomic mass is 9.76. The number of hydrogen-bond donors (Lipinski definition) is 0. The first-order valence-corrected chi connectivity index (χ1v) is 9.65. The average molecular weight is 328 g/mol. The maximum atomic E-state index is 4.13. The fourth-order valence-corrected chi connectivity index (χ4v) is 5.45. The molecule has 1 atom stereocenters. The summed E-state index contributed by atoms with van der Waals surface area (Å²) in [5.74, 6) is 1.60. The SMILES string of the molecule is C=CC1C[N+]2(Cc3c4ccccc4cc4ccccc34)CCC1CC2. The van der Waals surface area contributed by atoms with Gasteiger partial charge in [-0.05, 0) is 33.5 Å². The minimum absolute atomic E-state index is 0.712. The van der Waals surface area contributed by atoms with Gasteiger partial charge in [0.2, 0.25) is 0 Å². The molecular formula is C24H26N+. The molecule has 0 saturated carbocycles. The molecule has 0 radical (unpaired) electrons. The lowest BCUT2D eigenvalue weighted by Crippen LogP contribution is -2.60. The molecule has 126 valence electrons. The molecular weight excluding hydrogens is 302 g/mol. The van der Waals surface area contributed by atoms with E-state index in [-0.39, 0.29) is 0 Å². The molecule has 0 aromatic heterocycles. The first-order valence-electron chi connectivity index (χ1n) is 9.65. The van der Waals surface area contributed by atoms with Crippen molar-refractivity contribution in [3.63, 3.8) is 0 Å². The van der Waals surface area contributed by atoms with Crippen LogP contribution in [0, 0.1) is 11.8 Å². The largest absolute Gasteiger partial charge is 0.319 e. The number of fused-ring (bicyclic) bond motifs is 5. The van der Waals surface area contributed by atoms with Gasteiger partial charge < -0.3 is 4.48 Å². The normalized spacial score (nSPS) is 28.5. The van der Waals surface area contributed by atoms with Crippen molar-refractivity contribution in [2.24, 2.45) is 11.8 Å². The summed E-state index contributed by atoms with van der Waals surface area (Å²) in [5.41, 5.74) is 1.55. The third-order valence-corrected chi connectivity index (χ3v) is 6.83. The molecule has 1 nitrogen and oxygen atoms in total. The second kappa shape index (κ2) is 5.71. The molecule has 0 spiro atoms. The van der Waals surface area contributed by atoms with Crippen LogP contribution in [0.25, 0.3) is 21.5 Å². The van der Waals surface area contributed by atoms with Gasteiger partial charge in [0.15, 0.2) is 0 Å². The molecule has 3 heterocycles. The van der Waals surface area contributed by atoms with Gasteiger partial charge in [0.25, 0.3) is 0 Å². The Hall–Kier alpha value is -2.12. The summed E-state index contributed by atoms with van der Waals surface area (Å²) >= 11 is 0. The summed E-state index contributed by atoms with van der Waals surface area (Å²) in [6, 6.07) is 20.2. The minimum atomic E-state index is 0.712. The Morgan fingerprint density at radius 3 is 2.12 bits per heavy atom. The van der Waals surface area contributed by atoms with Gasteiger partial charge in [-0.1, -0.05) is 54.6 Å². The average Bonchev–Trinajstić information content (AvgIpc) is 2.68. The molecule has 0 aliphatic carbocycles. The van der Waals surface area contributed by atoms with E-state index in [4.69, 9.17) is 0 Å². The zero-order valence-corrected chi connectivity index (χ0v) is 14.8. The third-order valence-electron chi connectivity index (χ3n) is 6.83. The number of piperidine rings is 3. The molecule has 3 aromatic rings. The number of benzene rings is 3. The predicted octanol–water partition coefficient (Wildman–Crippen LogP) is 5.54. The van der Waals surface area contributed by atoms with Crippen LogP contribution in [0.5, 0.6) is 0 Å². The van der Waals surface area contributed by atoms with Crippen molar-refractivity contribution in [1.29, 1.82) is 0 Å². The lowest BCUT2D eigenvalue weighted by Gasteiger charge is -2.52. The van der Waals surface area contributed by atoms with E-state index in [1.807, 2.05) is 0 Å². The second-order valence-corrected chi connectivity index (χ2v) is 8.16. The molecule has 3 fully saturated rings. The van der Waals surface area contributed by atoms with Crippen LogP contribution < -0.4 is 0 Å². The Morgan fingerprint density at radius 1 is 0.920 bits per heavy atom. The smallest absolute Gasteiger partial charge is 0.106 e. The number of hydrogen-bond acceptors (Lipinski definition) is 0. The van der Waals surface area contributed by atoms with Gasteiger partial charge >= 0.3 is 0 Å².